The van der Waals surface area contributed by atoms with Crippen molar-refractivity contribution in [3.63, 3.8) is 0 Å². The Balaban J connectivity index is 2.26. The van der Waals surface area contributed by atoms with E-state index in [0.29, 0.717) is 5.69 Å². The average Bonchev–Trinajstić information content (AvgIpc) is 2.37. The van der Waals surface area contributed by atoms with Crippen LogP contribution in [0.25, 0.3) is 0 Å². The maximum atomic E-state index is 13.3. The summed E-state index contributed by atoms with van der Waals surface area (Å²) in [4.78, 5) is 12.0. The molecule has 0 spiro atoms. The second-order valence-corrected chi connectivity index (χ2v) is 4.92. The fourth-order valence-electron chi connectivity index (χ4n) is 1.46. The summed E-state index contributed by atoms with van der Waals surface area (Å²) in [5.41, 5.74) is 0.577. The molecule has 98 valence electrons. The van der Waals surface area contributed by atoms with Gasteiger partial charge in [-0.1, -0.05) is 17.7 Å². The van der Waals surface area contributed by atoms with E-state index in [4.69, 9.17) is 11.6 Å². The zero-order valence-corrected chi connectivity index (χ0v) is 11.8. The van der Waals surface area contributed by atoms with Gasteiger partial charge in [0.2, 0.25) is 0 Å². The molecule has 0 saturated heterocycles. The predicted molar refractivity (Wildman–Crippen MR) is 75.2 cm³/mol. The summed E-state index contributed by atoms with van der Waals surface area (Å²) in [5.74, 6) is -1.07. The van der Waals surface area contributed by atoms with Gasteiger partial charge in [0.05, 0.1) is 15.1 Å². The molecule has 0 saturated carbocycles. The van der Waals surface area contributed by atoms with E-state index in [1.165, 1.54) is 36.4 Å². The number of anilines is 1. The Morgan fingerprint density at radius 1 is 1.32 bits per heavy atom. The lowest BCUT2D eigenvalue weighted by atomic mass is 10.2. The summed E-state index contributed by atoms with van der Waals surface area (Å²) in [6, 6.07) is 8.44. The number of hydrogen-bond acceptors (Lipinski definition) is 2. The van der Waals surface area contributed by atoms with Crippen LogP contribution in [-0.4, -0.2) is 11.0 Å². The molecule has 0 aliphatic carbocycles. The smallest absolute Gasteiger partial charge is 0.256 e. The lowest BCUT2D eigenvalue weighted by Gasteiger charge is -2.08. The Morgan fingerprint density at radius 2 is 2.05 bits per heavy atom. The van der Waals surface area contributed by atoms with Gasteiger partial charge in [-0.25, -0.2) is 4.39 Å². The molecule has 0 heterocycles. The zero-order chi connectivity index (χ0) is 14.0. The summed E-state index contributed by atoms with van der Waals surface area (Å²) in [5, 5.41) is 12.0. The lowest BCUT2D eigenvalue weighted by molar-refractivity contribution is 0.102. The molecule has 0 aliphatic heterocycles. The van der Waals surface area contributed by atoms with Crippen molar-refractivity contribution in [2.24, 2.45) is 0 Å². The van der Waals surface area contributed by atoms with Gasteiger partial charge in [-0.2, -0.15) is 0 Å². The summed E-state index contributed by atoms with van der Waals surface area (Å²) in [7, 11) is 0. The highest BCUT2D eigenvalue weighted by molar-refractivity contribution is 9.10. The van der Waals surface area contributed by atoms with Crippen molar-refractivity contribution in [3.8, 4) is 5.75 Å². The Morgan fingerprint density at radius 3 is 2.74 bits per heavy atom. The van der Waals surface area contributed by atoms with Crippen molar-refractivity contribution in [2.45, 2.75) is 0 Å². The first-order valence-corrected chi connectivity index (χ1v) is 6.40. The van der Waals surface area contributed by atoms with Crippen molar-refractivity contribution in [2.75, 3.05) is 5.32 Å². The van der Waals surface area contributed by atoms with Crippen LogP contribution in [0.5, 0.6) is 5.75 Å². The standard InChI is InChI=1S/C13H8BrClFNO2/c14-12-8(2-1-3-10(12)16)13(19)17-7-4-5-11(18)9(15)6-7/h1-6,18H,(H,17,19). The number of hydrogen-bond donors (Lipinski definition) is 2. The number of halogens is 3. The van der Waals surface area contributed by atoms with Crippen LogP contribution in [-0.2, 0) is 0 Å². The third-order valence-corrected chi connectivity index (χ3v) is 3.51. The number of phenols is 1. The number of carbonyl (C=O) groups excluding carboxylic acids is 1. The molecule has 1 amide bonds. The van der Waals surface area contributed by atoms with Gasteiger partial charge in [0.15, 0.2) is 0 Å². The van der Waals surface area contributed by atoms with Gasteiger partial charge in [-0.15, -0.1) is 0 Å². The van der Waals surface area contributed by atoms with Gasteiger partial charge in [-0.05, 0) is 46.3 Å². The molecule has 0 radical (unpaired) electrons. The van der Waals surface area contributed by atoms with E-state index in [2.05, 4.69) is 21.2 Å². The van der Waals surface area contributed by atoms with E-state index in [1.807, 2.05) is 0 Å². The molecule has 0 unspecified atom stereocenters. The first-order valence-electron chi connectivity index (χ1n) is 5.23. The topological polar surface area (TPSA) is 49.3 Å². The SMILES string of the molecule is O=C(Nc1ccc(O)c(Cl)c1)c1cccc(F)c1Br. The molecule has 2 aromatic rings. The lowest BCUT2D eigenvalue weighted by Crippen LogP contribution is -2.13. The average molecular weight is 345 g/mol. The second kappa shape index (κ2) is 5.59. The fourth-order valence-corrected chi connectivity index (χ4v) is 2.09. The molecule has 6 heteroatoms. The van der Waals surface area contributed by atoms with Gasteiger partial charge in [0, 0.05) is 5.69 Å². The molecule has 2 aromatic carbocycles. The van der Waals surface area contributed by atoms with Crippen molar-refractivity contribution < 1.29 is 14.3 Å². The maximum absolute atomic E-state index is 13.3. The van der Waals surface area contributed by atoms with Crippen molar-refractivity contribution in [3.05, 3.63) is 57.3 Å². The minimum Gasteiger partial charge on any atom is -0.506 e. The summed E-state index contributed by atoms with van der Waals surface area (Å²) in [6.45, 7) is 0. The summed E-state index contributed by atoms with van der Waals surface area (Å²) in [6.07, 6.45) is 0. The Labute approximate surface area is 122 Å². The Bertz CT molecular complexity index is 649. The maximum Gasteiger partial charge on any atom is 0.256 e. The molecule has 0 aliphatic rings. The van der Waals surface area contributed by atoms with Gasteiger partial charge in [-0.3, -0.25) is 4.79 Å². The van der Waals surface area contributed by atoms with E-state index >= 15 is 0 Å². The van der Waals surface area contributed by atoms with Crippen LogP contribution in [0.3, 0.4) is 0 Å². The number of nitrogens with one attached hydrogen (secondary N) is 1. The van der Waals surface area contributed by atoms with Crippen LogP contribution in [0.15, 0.2) is 40.9 Å². The van der Waals surface area contributed by atoms with Crippen LogP contribution in [0.2, 0.25) is 5.02 Å². The van der Waals surface area contributed by atoms with Gasteiger partial charge >= 0.3 is 0 Å². The molecular weight excluding hydrogens is 337 g/mol. The van der Waals surface area contributed by atoms with E-state index in [1.54, 1.807) is 0 Å². The van der Waals surface area contributed by atoms with Gasteiger partial charge < -0.3 is 10.4 Å². The molecule has 3 nitrogen and oxygen atoms in total. The first kappa shape index (κ1) is 13.8. The zero-order valence-electron chi connectivity index (χ0n) is 9.45. The van der Waals surface area contributed by atoms with Crippen LogP contribution < -0.4 is 5.32 Å². The van der Waals surface area contributed by atoms with Crippen LogP contribution >= 0.6 is 27.5 Å². The molecule has 19 heavy (non-hydrogen) atoms. The molecular formula is C13H8BrClFNO2. The van der Waals surface area contributed by atoms with E-state index in [0.717, 1.165) is 0 Å². The molecule has 0 bridgehead atoms. The largest absolute Gasteiger partial charge is 0.506 e. The third kappa shape index (κ3) is 3.05. The third-order valence-electron chi connectivity index (χ3n) is 2.40. The van der Waals surface area contributed by atoms with E-state index in [9.17, 15) is 14.3 Å². The number of amides is 1. The number of aromatic hydroxyl groups is 1. The monoisotopic (exact) mass is 343 g/mol. The summed E-state index contributed by atoms with van der Waals surface area (Å²) < 4.78 is 13.4. The molecule has 0 fully saturated rings. The van der Waals surface area contributed by atoms with Crippen molar-refractivity contribution in [1.82, 2.24) is 0 Å². The summed E-state index contributed by atoms with van der Waals surface area (Å²) >= 11 is 8.75. The van der Waals surface area contributed by atoms with E-state index in [-0.39, 0.29) is 20.8 Å². The van der Waals surface area contributed by atoms with E-state index < -0.39 is 11.7 Å². The Kier molecular flexibility index (Phi) is 4.07. The predicted octanol–water partition coefficient (Wildman–Crippen LogP) is 4.20. The molecule has 2 rings (SSSR count). The van der Waals surface area contributed by atoms with Gasteiger partial charge in [0.25, 0.3) is 5.91 Å². The molecule has 0 aromatic heterocycles. The van der Waals surface area contributed by atoms with Crippen LogP contribution in [0.1, 0.15) is 10.4 Å². The highest BCUT2D eigenvalue weighted by Gasteiger charge is 2.13. The van der Waals surface area contributed by atoms with Crippen molar-refractivity contribution >= 4 is 39.1 Å². The van der Waals surface area contributed by atoms with Crippen LogP contribution in [0, 0.1) is 5.82 Å². The first-order chi connectivity index (χ1) is 8.99. The highest BCUT2D eigenvalue weighted by atomic mass is 79.9. The normalized spacial score (nSPS) is 10.3. The Hall–Kier alpha value is -1.59. The van der Waals surface area contributed by atoms with Crippen LogP contribution in [0.4, 0.5) is 10.1 Å². The van der Waals surface area contributed by atoms with Gasteiger partial charge in [0.1, 0.15) is 11.6 Å². The fraction of sp³-hybridized carbons (Fsp3) is 0. The highest BCUT2D eigenvalue weighted by Crippen LogP contribution is 2.27. The minimum absolute atomic E-state index is 0.0772. The molecule has 0 atom stereocenters. The number of phenolic OH excluding ortho intramolecular Hbond substituents is 1. The van der Waals surface area contributed by atoms with Crippen molar-refractivity contribution in [1.29, 1.82) is 0 Å². The number of benzene rings is 2. The minimum atomic E-state index is -0.517. The molecule has 2 N–H and O–H groups in total. The second-order valence-electron chi connectivity index (χ2n) is 3.72. The number of carbonyl (C=O) groups is 1. The quantitative estimate of drug-likeness (QED) is 0.802. The number of rotatable bonds is 2.